The number of hydrogen-bond donors (Lipinski definition) is 0. The SMILES string of the molecule is C/C=c1\c(=C/C(C)n2c3ccccc3c3ccc(C4=C(N(C)C5C=CC=CC5)C=CC5C=CC=CC45)cc32)c2c(c3ccccc13)CCC=C2. The molecule has 246 valence electrons. The van der Waals surface area contributed by atoms with Crippen molar-refractivity contribution in [2.75, 3.05) is 7.05 Å². The van der Waals surface area contributed by atoms with Crippen LogP contribution in [-0.2, 0) is 6.42 Å². The molecule has 4 atom stereocenters. The molecule has 0 radical (unpaired) electrons. The first-order valence-electron chi connectivity index (χ1n) is 18.4. The molecule has 0 saturated heterocycles. The Labute approximate surface area is 295 Å². The van der Waals surface area contributed by atoms with E-state index in [1.165, 1.54) is 71.0 Å². The van der Waals surface area contributed by atoms with Gasteiger partial charge in [0.15, 0.2) is 0 Å². The fourth-order valence-electron chi connectivity index (χ4n) is 9.12. The minimum absolute atomic E-state index is 0.124. The Morgan fingerprint density at radius 2 is 1.54 bits per heavy atom. The summed E-state index contributed by atoms with van der Waals surface area (Å²) in [6, 6.07) is 25.7. The molecule has 0 bridgehead atoms. The maximum Gasteiger partial charge on any atom is 0.0507 e. The highest BCUT2D eigenvalue weighted by Crippen LogP contribution is 2.43. The quantitative estimate of drug-likeness (QED) is 0.184. The second-order valence-corrected chi connectivity index (χ2v) is 14.3. The third-order valence-corrected chi connectivity index (χ3v) is 11.5. The van der Waals surface area contributed by atoms with E-state index in [9.17, 15) is 0 Å². The van der Waals surface area contributed by atoms with Gasteiger partial charge in [-0.1, -0.05) is 134 Å². The van der Waals surface area contributed by atoms with Gasteiger partial charge in [-0.2, -0.15) is 0 Å². The largest absolute Gasteiger partial charge is 0.368 e. The summed E-state index contributed by atoms with van der Waals surface area (Å²) in [5.74, 6) is 0.655. The van der Waals surface area contributed by atoms with E-state index < -0.39 is 0 Å². The first kappa shape index (κ1) is 30.7. The zero-order valence-electron chi connectivity index (χ0n) is 29.3. The van der Waals surface area contributed by atoms with Crippen LogP contribution in [0.15, 0.2) is 139 Å². The predicted molar refractivity (Wildman–Crippen MR) is 215 cm³/mol. The second kappa shape index (κ2) is 12.5. The molecule has 4 aliphatic rings. The van der Waals surface area contributed by atoms with Gasteiger partial charge in [0.25, 0.3) is 0 Å². The molecule has 4 aromatic carbocycles. The van der Waals surface area contributed by atoms with Crippen LogP contribution in [0.1, 0.15) is 49.4 Å². The van der Waals surface area contributed by atoms with Gasteiger partial charge in [0, 0.05) is 40.9 Å². The van der Waals surface area contributed by atoms with E-state index in [0.717, 1.165) is 19.3 Å². The van der Waals surface area contributed by atoms with Gasteiger partial charge in [-0.3, -0.25) is 0 Å². The summed E-state index contributed by atoms with van der Waals surface area (Å²) >= 11 is 0. The molecule has 4 unspecified atom stereocenters. The summed E-state index contributed by atoms with van der Waals surface area (Å²) in [6.07, 6.45) is 35.7. The third kappa shape index (κ3) is 4.92. The number of para-hydroxylation sites is 1. The van der Waals surface area contributed by atoms with Gasteiger partial charge in [-0.25, -0.2) is 0 Å². The maximum absolute atomic E-state index is 2.59. The standard InChI is InChI=1S/C48H44N2/c1-4-36-38-20-10-11-21-39(38)40-22-12-13-23-41(40)44(36)30-32(2)50-45-25-15-14-24-42(45)43-28-26-34(31-47(43)50)48-37-19-9-8-16-33(37)27-29-46(48)49(3)35-17-6-5-7-18-35/h4-11,13-17,19-21,23-33,35,37H,12,18,22H2,1-3H3/b36-4-,44-30+. The maximum atomic E-state index is 2.59. The summed E-state index contributed by atoms with van der Waals surface area (Å²) < 4.78 is 2.59. The molecule has 0 spiro atoms. The molecule has 50 heavy (non-hydrogen) atoms. The van der Waals surface area contributed by atoms with Crippen molar-refractivity contribution in [3.8, 4) is 0 Å². The lowest BCUT2D eigenvalue weighted by atomic mass is 9.75. The van der Waals surface area contributed by atoms with Crippen molar-refractivity contribution < 1.29 is 0 Å². The minimum Gasteiger partial charge on any atom is -0.368 e. The van der Waals surface area contributed by atoms with Crippen LogP contribution in [0.4, 0.5) is 0 Å². The van der Waals surface area contributed by atoms with E-state index in [4.69, 9.17) is 0 Å². The molecule has 1 heterocycles. The number of allylic oxidation sites excluding steroid dienone is 10. The van der Waals surface area contributed by atoms with Crippen LogP contribution in [0, 0.1) is 11.8 Å². The molecule has 0 amide bonds. The Bertz CT molecular complexity index is 2520. The predicted octanol–water partition coefficient (Wildman–Crippen LogP) is 10.2. The molecule has 0 N–H and O–H groups in total. The van der Waals surface area contributed by atoms with E-state index in [-0.39, 0.29) is 6.04 Å². The van der Waals surface area contributed by atoms with Crippen molar-refractivity contribution in [3.63, 3.8) is 0 Å². The minimum atomic E-state index is 0.124. The molecule has 0 aliphatic heterocycles. The van der Waals surface area contributed by atoms with Gasteiger partial charge < -0.3 is 9.47 Å². The first-order valence-corrected chi connectivity index (χ1v) is 18.4. The lowest BCUT2D eigenvalue weighted by Crippen LogP contribution is -2.32. The van der Waals surface area contributed by atoms with Gasteiger partial charge in [-0.15, -0.1) is 0 Å². The van der Waals surface area contributed by atoms with Gasteiger partial charge in [0.05, 0.1) is 17.6 Å². The summed E-state index contributed by atoms with van der Waals surface area (Å²) in [5, 5.41) is 8.06. The van der Waals surface area contributed by atoms with E-state index in [0.29, 0.717) is 17.9 Å². The highest BCUT2D eigenvalue weighted by molar-refractivity contribution is 6.09. The average molecular weight is 649 g/mol. The number of aromatic nitrogens is 1. The normalized spacial score (nSPS) is 22.3. The van der Waals surface area contributed by atoms with Gasteiger partial charge in [0.1, 0.15) is 0 Å². The van der Waals surface area contributed by atoms with Gasteiger partial charge in [-0.05, 0) is 94.8 Å². The van der Waals surface area contributed by atoms with Crippen molar-refractivity contribution in [2.45, 2.75) is 45.2 Å². The smallest absolute Gasteiger partial charge is 0.0507 e. The third-order valence-electron chi connectivity index (χ3n) is 11.5. The van der Waals surface area contributed by atoms with Crippen LogP contribution in [0.25, 0.3) is 56.4 Å². The molecule has 0 saturated carbocycles. The zero-order chi connectivity index (χ0) is 33.8. The number of hydrogen-bond acceptors (Lipinski definition) is 1. The van der Waals surface area contributed by atoms with Crippen LogP contribution in [0.3, 0.4) is 0 Å². The van der Waals surface area contributed by atoms with Crippen LogP contribution in [0.2, 0.25) is 0 Å². The Morgan fingerprint density at radius 3 is 2.38 bits per heavy atom. The van der Waals surface area contributed by atoms with E-state index in [2.05, 4.69) is 182 Å². The second-order valence-electron chi connectivity index (χ2n) is 14.3. The molecule has 2 heteroatoms. The molecule has 4 aliphatic carbocycles. The Morgan fingerprint density at radius 1 is 0.760 bits per heavy atom. The summed E-state index contributed by atoms with van der Waals surface area (Å²) in [7, 11) is 2.27. The first-order chi connectivity index (χ1) is 24.6. The highest BCUT2D eigenvalue weighted by Gasteiger charge is 2.31. The number of likely N-dealkylation sites (N-methyl/N-ethyl adjacent to an activating group) is 1. The molecular formula is C48H44N2. The lowest BCUT2D eigenvalue weighted by Gasteiger charge is -2.37. The van der Waals surface area contributed by atoms with Crippen molar-refractivity contribution in [1.29, 1.82) is 0 Å². The van der Waals surface area contributed by atoms with Crippen molar-refractivity contribution in [2.24, 2.45) is 11.8 Å². The summed E-state index contributed by atoms with van der Waals surface area (Å²) in [6.45, 7) is 4.57. The van der Waals surface area contributed by atoms with Crippen molar-refractivity contribution in [3.05, 3.63) is 166 Å². The molecule has 2 nitrogen and oxygen atoms in total. The zero-order valence-corrected chi connectivity index (χ0v) is 29.3. The fourth-order valence-corrected chi connectivity index (χ4v) is 9.12. The molecule has 9 rings (SSSR count). The molecule has 5 aromatic rings. The molecule has 1 aromatic heterocycles. The topological polar surface area (TPSA) is 8.17 Å². The van der Waals surface area contributed by atoms with E-state index in [1.807, 2.05) is 0 Å². The monoisotopic (exact) mass is 648 g/mol. The van der Waals surface area contributed by atoms with E-state index >= 15 is 0 Å². The Hall–Kier alpha value is -5.34. The fraction of sp³-hybridized carbons (Fsp3) is 0.208. The van der Waals surface area contributed by atoms with Crippen molar-refractivity contribution in [1.82, 2.24) is 9.47 Å². The van der Waals surface area contributed by atoms with Crippen LogP contribution < -0.4 is 10.4 Å². The van der Waals surface area contributed by atoms with Crippen LogP contribution in [-0.4, -0.2) is 22.6 Å². The van der Waals surface area contributed by atoms with Crippen LogP contribution >= 0.6 is 0 Å². The molecular weight excluding hydrogens is 605 g/mol. The number of rotatable bonds is 5. The number of fused-ring (bicyclic) bond motifs is 7. The lowest BCUT2D eigenvalue weighted by molar-refractivity contribution is 0.359. The average Bonchev–Trinajstić information content (AvgIpc) is 3.51. The van der Waals surface area contributed by atoms with Crippen LogP contribution in [0.5, 0.6) is 0 Å². The van der Waals surface area contributed by atoms with Gasteiger partial charge >= 0.3 is 0 Å². The molecule has 0 fully saturated rings. The van der Waals surface area contributed by atoms with Gasteiger partial charge in [0.2, 0.25) is 0 Å². The van der Waals surface area contributed by atoms with Crippen molar-refractivity contribution >= 4 is 56.4 Å². The highest BCUT2D eigenvalue weighted by atomic mass is 15.1. The summed E-state index contributed by atoms with van der Waals surface area (Å²) in [4.78, 5) is 2.49. The number of aryl methyl sites for hydroxylation is 1. The number of nitrogens with zero attached hydrogens (tertiary/aromatic N) is 2. The number of benzene rings is 4. The summed E-state index contributed by atoms with van der Waals surface area (Å²) in [5.41, 5.74) is 9.47. The Kier molecular flexibility index (Phi) is 7.69. The van der Waals surface area contributed by atoms with E-state index in [1.54, 1.807) is 0 Å². The Balaban J connectivity index is 1.27.